The predicted molar refractivity (Wildman–Crippen MR) is 90.3 cm³/mol. The Morgan fingerprint density at radius 3 is 2.65 bits per heavy atom. The van der Waals surface area contributed by atoms with Gasteiger partial charge in [-0.1, -0.05) is 62.3 Å². The van der Waals surface area contributed by atoms with Gasteiger partial charge in [0, 0.05) is 12.1 Å². The third kappa shape index (κ3) is 4.96. The van der Waals surface area contributed by atoms with Crippen molar-refractivity contribution in [2.45, 2.75) is 53.9 Å². The van der Waals surface area contributed by atoms with Gasteiger partial charge >= 0.3 is 0 Å². The van der Waals surface area contributed by atoms with Crippen molar-refractivity contribution in [1.29, 1.82) is 5.41 Å². The Morgan fingerprint density at radius 1 is 1.35 bits per heavy atom. The van der Waals surface area contributed by atoms with E-state index in [1.54, 1.807) is 5.57 Å². The van der Waals surface area contributed by atoms with E-state index >= 15 is 0 Å². The highest BCUT2D eigenvalue weighted by Crippen LogP contribution is 2.40. The van der Waals surface area contributed by atoms with E-state index in [1.165, 1.54) is 36.6 Å². The van der Waals surface area contributed by atoms with E-state index in [9.17, 15) is 0 Å². The van der Waals surface area contributed by atoms with Crippen LogP contribution in [0.4, 0.5) is 0 Å². The summed E-state index contributed by atoms with van der Waals surface area (Å²) < 4.78 is 0. The van der Waals surface area contributed by atoms with Crippen LogP contribution < -0.4 is 0 Å². The van der Waals surface area contributed by atoms with E-state index in [0.29, 0.717) is 5.41 Å². The van der Waals surface area contributed by atoms with Gasteiger partial charge in [-0.2, -0.15) is 0 Å². The number of nitrogens with one attached hydrogen (secondary N) is 1. The van der Waals surface area contributed by atoms with Gasteiger partial charge in [-0.05, 0) is 44.1 Å². The van der Waals surface area contributed by atoms with Gasteiger partial charge in [-0.15, -0.1) is 0 Å². The Hall–Kier alpha value is -1.37. The molecule has 1 nitrogen and oxygen atoms in total. The van der Waals surface area contributed by atoms with Crippen molar-refractivity contribution in [3.05, 3.63) is 47.1 Å². The van der Waals surface area contributed by atoms with Crippen LogP contribution in [-0.4, -0.2) is 6.21 Å². The van der Waals surface area contributed by atoms with E-state index in [1.807, 2.05) is 19.1 Å². The Balaban J connectivity index is 2.78. The Labute approximate surface area is 124 Å². The van der Waals surface area contributed by atoms with E-state index < -0.39 is 0 Å². The second kappa shape index (κ2) is 7.42. The van der Waals surface area contributed by atoms with Crippen molar-refractivity contribution in [1.82, 2.24) is 0 Å². The smallest absolute Gasteiger partial charge is 0.00895 e. The molecule has 0 fully saturated rings. The molecule has 0 spiro atoms. The highest BCUT2D eigenvalue weighted by atomic mass is 14.3. The summed E-state index contributed by atoms with van der Waals surface area (Å²) >= 11 is 0. The summed E-state index contributed by atoms with van der Waals surface area (Å²) in [4.78, 5) is 0. The van der Waals surface area contributed by atoms with Gasteiger partial charge in [-0.25, -0.2) is 0 Å². The lowest BCUT2D eigenvalue weighted by Gasteiger charge is -2.32. The van der Waals surface area contributed by atoms with E-state index in [0.717, 1.165) is 0 Å². The summed E-state index contributed by atoms with van der Waals surface area (Å²) in [6.07, 6.45) is 16.0. The standard InChI is InChI=1S/C19H29N/c1-15(8-6-9-16(2)14-20)11-12-18-17(3)10-7-13-19(18,4)5/h6,8-9,11-12,14,16,20H,7,10,13H2,1-5H3/b9-6+,12-11+,15-8+,20-14?. The summed E-state index contributed by atoms with van der Waals surface area (Å²) in [5, 5.41) is 7.16. The third-order valence-corrected chi connectivity index (χ3v) is 4.09. The van der Waals surface area contributed by atoms with Gasteiger partial charge in [0.1, 0.15) is 0 Å². The first-order chi connectivity index (χ1) is 9.36. The van der Waals surface area contributed by atoms with Crippen molar-refractivity contribution in [2.24, 2.45) is 11.3 Å². The van der Waals surface area contributed by atoms with Crippen LogP contribution in [0.1, 0.15) is 53.9 Å². The van der Waals surface area contributed by atoms with Crippen molar-refractivity contribution in [3.63, 3.8) is 0 Å². The molecule has 1 rings (SSSR count). The third-order valence-electron chi connectivity index (χ3n) is 4.09. The average molecular weight is 271 g/mol. The highest BCUT2D eigenvalue weighted by molar-refractivity contribution is 5.59. The molecule has 0 aromatic carbocycles. The van der Waals surface area contributed by atoms with E-state index in [4.69, 9.17) is 5.41 Å². The van der Waals surface area contributed by atoms with Gasteiger partial charge < -0.3 is 5.41 Å². The molecule has 0 radical (unpaired) electrons. The summed E-state index contributed by atoms with van der Waals surface area (Å²) in [5.74, 6) is 0.213. The molecule has 1 aliphatic carbocycles. The van der Waals surface area contributed by atoms with Crippen molar-refractivity contribution in [3.8, 4) is 0 Å². The van der Waals surface area contributed by atoms with Crippen LogP contribution in [0.2, 0.25) is 0 Å². The van der Waals surface area contributed by atoms with Crippen molar-refractivity contribution >= 4 is 6.21 Å². The molecule has 1 atom stereocenters. The Morgan fingerprint density at radius 2 is 2.05 bits per heavy atom. The molecule has 0 aliphatic heterocycles. The number of hydrogen-bond acceptors (Lipinski definition) is 1. The molecular formula is C19H29N. The molecule has 0 amide bonds. The van der Waals surface area contributed by atoms with Crippen LogP contribution in [0.15, 0.2) is 47.1 Å². The Bertz CT molecular complexity index is 458. The lowest BCUT2D eigenvalue weighted by atomic mass is 9.72. The average Bonchev–Trinajstić information content (AvgIpc) is 2.37. The summed E-state index contributed by atoms with van der Waals surface area (Å²) in [6, 6.07) is 0. The zero-order chi connectivity index (χ0) is 15.2. The number of allylic oxidation sites excluding steroid dienone is 8. The largest absolute Gasteiger partial charge is 0.313 e. The molecule has 0 aromatic heterocycles. The lowest BCUT2D eigenvalue weighted by Crippen LogP contribution is -2.19. The highest BCUT2D eigenvalue weighted by Gasteiger charge is 2.26. The maximum atomic E-state index is 7.16. The molecule has 0 saturated heterocycles. The molecule has 0 bridgehead atoms. The predicted octanol–water partition coefficient (Wildman–Crippen LogP) is 5.86. The zero-order valence-electron chi connectivity index (χ0n) is 13.7. The van der Waals surface area contributed by atoms with Crippen LogP contribution >= 0.6 is 0 Å². The quantitative estimate of drug-likeness (QED) is 0.478. The monoisotopic (exact) mass is 271 g/mol. The summed E-state index contributed by atoms with van der Waals surface area (Å²) in [5.41, 5.74) is 4.61. The second-order valence-electron chi connectivity index (χ2n) is 6.59. The first-order valence-corrected chi connectivity index (χ1v) is 7.61. The maximum Gasteiger partial charge on any atom is 0.00895 e. The van der Waals surface area contributed by atoms with Crippen molar-refractivity contribution in [2.75, 3.05) is 0 Å². The minimum atomic E-state index is 0.213. The number of rotatable bonds is 5. The van der Waals surface area contributed by atoms with Crippen LogP contribution in [0.3, 0.4) is 0 Å². The van der Waals surface area contributed by atoms with E-state index in [2.05, 4.69) is 45.9 Å². The maximum absolute atomic E-state index is 7.16. The van der Waals surface area contributed by atoms with Crippen LogP contribution in [-0.2, 0) is 0 Å². The minimum Gasteiger partial charge on any atom is -0.313 e. The zero-order valence-corrected chi connectivity index (χ0v) is 13.7. The molecule has 1 unspecified atom stereocenters. The molecule has 0 saturated carbocycles. The van der Waals surface area contributed by atoms with Gasteiger partial charge in [0.05, 0.1) is 0 Å². The lowest BCUT2D eigenvalue weighted by molar-refractivity contribution is 0.377. The van der Waals surface area contributed by atoms with Crippen LogP contribution in [0.5, 0.6) is 0 Å². The molecule has 20 heavy (non-hydrogen) atoms. The number of hydrogen-bond donors (Lipinski definition) is 1. The second-order valence-corrected chi connectivity index (χ2v) is 6.59. The van der Waals surface area contributed by atoms with Gasteiger partial charge in [0.25, 0.3) is 0 Å². The van der Waals surface area contributed by atoms with Crippen molar-refractivity contribution < 1.29 is 0 Å². The summed E-state index contributed by atoms with van der Waals surface area (Å²) in [7, 11) is 0. The normalized spacial score (nSPS) is 21.8. The molecular weight excluding hydrogens is 242 g/mol. The minimum absolute atomic E-state index is 0.213. The van der Waals surface area contributed by atoms with E-state index in [-0.39, 0.29) is 5.92 Å². The van der Waals surface area contributed by atoms with Crippen LogP contribution in [0.25, 0.3) is 0 Å². The molecule has 1 heteroatoms. The molecule has 0 aromatic rings. The first kappa shape index (κ1) is 16.7. The van der Waals surface area contributed by atoms with Gasteiger partial charge in [0.2, 0.25) is 0 Å². The van der Waals surface area contributed by atoms with Gasteiger partial charge in [-0.3, -0.25) is 0 Å². The fourth-order valence-corrected chi connectivity index (χ4v) is 2.72. The fraction of sp³-hybridized carbons (Fsp3) is 0.526. The molecule has 1 aliphatic rings. The molecule has 1 N–H and O–H groups in total. The molecule has 110 valence electrons. The molecule has 0 heterocycles. The summed E-state index contributed by atoms with van der Waals surface area (Å²) in [6.45, 7) is 11.1. The Kier molecular flexibility index (Phi) is 6.19. The van der Waals surface area contributed by atoms with Gasteiger partial charge in [0.15, 0.2) is 0 Å². The fourth-order valence-electron chi connectivity index (χ4n) is 2.72. The SMILES string of the molecule is CC1=C(/C=C/C(C)=C/C=C/C(C)C=N)C(C)(C)CCC1. The van der Waals surface area contributed by atoms with Crippen LogP contribution in [0, 0.1) is 16.7 Å². The first-order valence-electron chi connectivity index (χ1n) is 7.61. The topological polar surface area (TPSA) is 23.9 Å².